The lowest BCUT2D eigenvalue weighted by molar-refractivity contribution is 0.805. The van der Waals surface area contributed by atoms with Gasteiger partial charge in [-0.15, -0.1) is 0 Å². The summed E-state index contributed by atoms with van der Waals surface area (Å²) in [7, 11) is 0. The number of aromatic amines is 1. The van der Waals surface area contributed by atoms with E-state index in [0.29, 0.717) is 0 Å². The van der Waals surface area contributed by atoms with E-state index >= 15 is 0 Å². The van der Waals surface area contributed by atoms with Gasteiger partial charge in [0.05, 0.1) is 18.2 Å². The molecule has 0 atom stereocenters. The first-order valence-corrected chi connectivity index (χ1v) is 9.09. The highest BCUT2D eigenvalue weighted by Gasteiger charge is 2.11. The number of hydrogen-bond donors (Lipinski definition) is 1. The van der Waals surface area contributed by atoms with Gasteiger partial charge in [-0.2, -0.15) is 0 Å². The molecular weight excluding hydrogens is 465 g/mol. The first-order valence-electron chi connectivity index (χ1n) is 7.22. The summed E-state index contributed by atoms with van der Waals surface area (Å²) in [5, 5.41) is 1.21. The highest BCUT2D eigenvalue weighted by Crippen LogP contribution is 2.30. The fraction of sp³-hybridized carbons (Fsp3) is 0.0556. The van der Waals surface area contributed by atoms with E-state index in [1.807, 2.05) is 12.5 Å². The Morgan fingerprint density at radius 2 is 1.96 bits per heavy atom. The Labute approximate surface area is 156 Å². The SMILES string of the molecule is Brc1ccc2c(-c3cncn3Cc3ccc(I)cc3)c[nH]c2c1. The normalized spacial score (nSPS) is 11.2. The molecule has 0 amide bonds. The van der Waals surface area contributed by atoms with Gasteiger partial charge in [0, 0.05) is 37.3 Å². The van der Waals surface area contributed by atoms with Gasteiger partial charge in [0.1, 0.15) is 0 Å². The first-order chi connectivity index (χ1) is 11.2. The van der Waals surface area contributed by atoms with Crippen molar-refractivity contribution in [3.63, 3.8) is 0 Å². The average molecular weight is 478 g/mol. The van der Waals surface area contributed by atoms with Crippen LogP contribution in [-0.2, 0) is 6.54 Å². The number of halogens is 2. The van der Waals surface area contributed by atoms with Crippen LogP contribution in [0.3, 0.4) is 0 Å². The van der Waals surface area contributed by atoms with Gasteiger partial charge in [0.15, 0.2) is 0 Å². The van der Waals surface area contributed by atoms with Crippen LogP contribution in [0.2, 0.25) is 0 Å². The van der Waals surface area contributed by atoms with Crippen LogP contribution >= 0.6 is 38.5 Å². The zero-order chi connectivity index (χ0) is 15.8. The Bertz CT molecular complexity index is 970. The third-order valence-electron chi connectivity index (χ3n) is 3.90. The summed E-state index contributed by atoms with van der Waals surface area (Å²) in [4.78, 5) is 7.70. The lowest BCUT2D eigenvalue weighted by Crippen LogP contribution is -2.00. The van der Waals surface area contributed by atoms with E-state index < -0.39 is 0 Å². The summed E-state index contributed by atoms with van der Waals surface area (Å²) in [6.45, 7) is 0.815. The highest BCUT2D eigenvalue weighted by molar-refractivity contribution is 14.1. The van der Waals surface area contributed by atoms with Crippen molar-refractivity contribution in [2.45, 2.75) is 6.54 Å². The monoisotopic (exact) mass is 477 g/mol. The van der Waals surface area contributed by atoms with Gasteiger partial charge in [-0.25, -0.2) is 4.98 Å². The first kappa shape index (κ1) is 15.0. The van der Waals surface area contributed by atoms with Crippen molar-refractivity contribution in [3.05, 3.63) is 74.8 Å². The molecule has 2 aromatic carbocycles. The Kier molecular flexibility index (Phi) is 3.98. The lowest BCUT2D eigenvalue weighted by atomic mass is 10.1. The Morgan fingerprint density at radius 1 is 1.13 bits per heavy atom. The van der Waals surface area contributed by atoms with Crippen molar-refractivity contribution in [1.29, 1.82) is 0 Å². The smallest absolute Gasteiger partial charge is 0.0954 e. The second-order valence-electron chi connectivity index (χ2n) is 5.43. The van der Waals surface area contributed by atoms with Gasteiger partial charge in [-0.3, -0.25) is 0 Å². The number of rotatable bonds is 3. The minimum Gasteiger partial charge on any atom is -0.360 e. The molecule has 0 aliphatic carbocycles. The minimum atomic E-state index is 0.815. The van der Waals surface area contributed by atoms with Gasteiger partial charge in [0.2, 0.25) is 0 Å². The summed E-state index contributed by atoms with van der Waals surface area (Å²) >= 11 is 5.84. The topological polar surface area (TPSA) is 33.6 Å². The van der Waals surface area contributed by atoms with Crippen molar-refractivity contribution in [2.75, 3.05) is 0 Å². The highest BCUT2D eigenvalue weighted by atomic mass is 127. The number of aromatic nitrogens is 3. The number of H-pyrrole nitrogens is 1. The van der Waals surface area contributed by atoms with Crippen molar-refractivity contribution < 1.29 is 0 Å². The van der Waals surface area contributed by atoms with Crippen LogP contribution in [0.15, 0.2) is 65.7 Å². The van der Waals surface area contributed by atoms with Crippen LogP contribution in [0.25, 0.3) is 22.2 Å². The van der Waals surface area contributed by atoms with Crippen LogP contribution in [0.1, 0.15) is 5.56 Å². The van der Waals surface area contributed by atoms with Crippen molar-refractivity contribution >= 4 is 49.4 Å². The van der Waals surface area contributed by atoms with Crippen molar-refractivity contribution in [3.8, 4) is 11.3 Å². The van der Waals surface area contributed by atoms with E-state index in [1.165, 1.54) is 20.1 Å². The molecular formula is C18H13BrIN3. The molecule has 2 heterocycles. The molecule has 23 heavy (non-hydrogen) atoms. The molecule has 4 aromatic rings. The van der Waals surface area contributed by atoms with E-state index in [0.717, 1.165) is 22.2 Å². The number of nitrogens with one attached hydrogen (secondary N) is 1. The summed E-state index contributed by atoms with van der Waals surface area (Å²) in [6, 6.07) is 14.9. The predicted octanol–water partition coefficient (Wildman–Crippen LogP) is 5.45. The molecule has 114 valence electrons. The molecule has 0 saturated heterocycles. The lowest BCUT2D eigenvalue weighted by Gasteiger charge is -2.08. The number of benzene rings is 2. The van der Waals surface area contributed by atoms with E-state index in [4.69, 9.17) is 0 Å². The summed E-state index contributed by atoms with van der Waals surface area (Å²) < 4.78 is 4.51. The standard InChI is InChI=1S/C18H13BrIN3/c19-13-3-6-15-16(8-22-17(15)7-13)18-9-21-11-23(18)10-12-1-4-14(20)5-2-12/h1-9,11,22H,10H2. The molecule has 1 N–H and O–H groups in total. The van der Waals surface area contributed by atoms with Gasteiger partial charge >= 0.3 is 0 Å². The molecule has 0 radical (unpaired) electrons. The van der Waals surface area contributed by atoms with Crippen LogP contribution in [0.5, 0.6) is 0 Å². The van der Waals surface area contributed by atoms with Crippen LogP contribution in [-0.4, -0.2) is 14.5 Å². The predicted molar refractivity (Wildman–Crippen MR) is 105 cm³/mol. The fourth-order valence-electron chi connectivity index (χ4n) is 2.77. The molecule has 0 fully saturated rings. The number of imidazole rings is 1. The second-order valence-corrected chi connectivity index (χ2v) is 7.59. The maximum atomic E-state index is 4.35. The summed E-state index contributed by atoms with van der Waals surface area (Å²) in [5.41, 5.74) is 4.69. The van der Waals surface area contributed by atoms with Crippen LogP contribution in [0, 0.1) is 3.57 Å². The molecule has 0 unspecified atom stereocenters. The Hall–Kier alpha value is -1.60. The van der Waals surface area contributed by atoms with Gasteiger partial charge in [0.25, 0.3) is 0 Å². The van der Waals surface area contributed by atoms with E-state index in [-0.39, 0.29) is 0 Å². The molecule has 4 rings (SSSR count). The number of nitrogens with zero attached hydrogens (tertiary/aromatic N) is 2. The zero-order valence-corrected chi connectivity index (χ0v) is 15.9. The number of hydrogen-bond acceptors (Lipinski definition) is 1. The largest absolute Gasteiger partial charge is 0.360 e. The molecule has 0 spiro atoms. The van der Waals surface area contributed by atoms with Gasteiger partial charge in [-0.1, -0.05) is 34.1 Å². The molecule has 5 heteroatoms. The van der Waals surface area contributed by atoms with Gasteiger partial charge in [-0.05, 0) is 52.4 Å². The summed E-state index contributed by atoms with van der Waals surface area (Å²) in [5.74, 6) is 0. The van der Waals surface area contributed by atoms with E-state index in [2.05, 4.69) is 102 Å². The number of fused-ring (bicyclic) bond motifs is 1. The molecule has 0 aliphatic rings. The molecule has 2 aromatic heterocycles. The third-order valence-corrected chi connectivity index (χ3v) is 5.11. The quantitative estimate of drug-likeness (QED) is 0.391. The van der Waals surface area contributed by atoms with Crippen molar-refractivity contribution in [2.24, 2.45) is 0 Å². The average Bonchev–Trinajstić information content (AvgIpc) is 3.15. The third kappa shape index (κ3) is 2.95. The van der Waals surface area contributed by atoms with E-state index in [1.54, 1.807) is 0 Å². The Morgan fingerprint density at radius 3 is 2.78 bits per heavy atom. The van der Waals surface area contributed by atoms with Crippen LogP contribution < -0.4 is 0 Å². The molecule has 0 saturated carbocycles. The Balaban J connectivity index is 1.75. The second kappa shape index (κ2) is 6.13. The maximum Gasteiger partial charge on any atom is 0.0954 e. The molecule has 0 bridgehead atoms. The van der Waals surface area contributed by atoms with Gasteiger partial charge < -0.3 is 9.55 Å². The van der Waals surface area contributed by atoms with E-state index in [9.17, 15) is 0 Å². The fourth-order valence-corrected chi connectivity index (χ4v) is 3.49. The van der Waals surface area contributed by atoms with Crippen LogP contribution in [0.4, 0.5) is 0 Å². The molecule has 3 nitrogen and oxygen atoms in total. The molecule has 0 aliphatic heterocycles. The summed E-state index contributed by atoms with van der Waals surface area (Å²) in [6.07, 6.45) is 5.88. The maximum absolute atomic E-state index is 4.35. The van der Waals surface area contributed by atoms with Crippen molar-refractivity contribution in [1.82, 2.24) is 14.5 Å². The minimum absolute atomic E-state index is 0.815. The zero-order valence-electron chi connectivity index (χ0n) is 12.1.